The van der Waals surface area contributed by atoms with Gasteiger partial charge in [0, 0.05) is 23.9 Å². The molecular formula is C19H20N2O4. The lowest BCUT2D eigenvalue weighted by molar-refractivity contribution is -0.384. The summed E-state index contributed by atoms with van der Waals surface area (Å²) in [6, 6.07) is 13.1. The number of rotatable bonds is 7. The highest BCUT2D eigenvalue weighted by Gasteiger charge is 2.03. The van der Waals surface area contributed by atoms with Crippen molar-refractivity contribution in [1.29, 1.82) is 0 Å². The van der Waals surface area contributed by atoms with Gasteiger partial charge in [0.25, 0.3) is 5.69 Å². The Balaban J connectivity index is 1.89. The Kier molecular flexibility index (Phi) is 6.28. The molecule has 0 aliphatic heterocycles. The Morgan fingerprint density at radius 2 is 1.80 bits per heavy atom. The molecule has 0 aliphatic rings. The highest BCUT2D eigenvalue weighted by Crippen LogP contribution is 2.17. The fraction of sp³-hybridized carbons (Fsp3) is 0.211. The maximum Gasteiger partial charge on any atom is 0.269 e. The predicted molar refractivity (Wildman–Crippen MR) is 97.5 cm³/mol. The average Bonchev–Trinajstić information content (AvgIpc) is 2.59. The molecule has 0 spiro atoms. The Hall–Kier alpha value is -3.15. The molecule has 0 bridgehead atoms. The smallest absolute Gasteiger partial charge is 0.269 e. The maximum atomic E-state index is 11.9. The van der Waals surface area contributed by atoms with E-state index in [1.54, 1.807) is 42.5 Å². The summed E-state index contributed by atoms with van der Waals surface area (Å²) in [5.41, 5.74) is 1.38. The van der Waals surface area contributed by atoms with Gasteiger partial charge in [-0.2, -0.15) is 0 Å². The summed E-state index contributed by atoms with van der Waals surface area (Å²) >= 11 is 0. The first kappa shape index (κ1) is 18.2. The van der Waals surface area contributed by atoms with E-state index in [0.717, 1.165) is 5.75 Å². The van der Waals surface area contributed by atoms with Crippen molar-refractivity contribution in [3.63, 3.8) is 0 Å². The highest BCUT2D eigenvalue weighted by atomic mass is 16.6. The number of carbonyl (C=O) groups is 1. The van der Waals surface area contributed by atoms with E-state index in [1.807, 2.05) is 0 Å². The van der Waals surface area contributed by atoms with Crippen LogP contribution in [0.4, 0.5) is 11.4 Å². The van der Waals surface area contributed by atoms with E-state index in [0.29, 0.717) is 23.8 Å². The third-order valence-electron chi connectivity index (χ3n) is 3.24. The molecule has 130 valence electrons. The number of hydrogen-bond acceptors (Lipinski definition) is 4. The van der Waals surface area contributed by atoms with Crippen LogP contribution in [0.5, 0.6) is 5.75 Å². The van der Waals surface area contributed by atoms with Crippen molar-refractivity contribution < 1.29 is 14.5 Å². The summed E-state index contributed by atoms with van der Waals surface area (Å²) in [5, 5.41) is 13.3. The van der Waals surface area contributed by atoms with Crippen LogP contribution in [0.2, 0.25) is 0 Å². The topological polar surface area (TPSA) is 81.5 Å². The number of carbonyl (C=O) groups excluding carboxylic acids is 1. The average molecular weight is 340 g/mol. The molecule has 1 N–H and O–H groups in total. The molecule has 0 unspecified atom stereocenters. The Bertz CT molecular complexity index is 750. The van der Waals surface area contributed by atoms with Gasteiger partial charge in [-0.05, 0) is 54.0 Å². The number of non-ortho nitro benzene ring substituents is 1. The standard InChI is InChI=1S/C19H20N2O4/c1-14(2)13-25-18-10-6-16(7-11-18)20-19(22)12-5-15-3-8-17(9-4-15)21(23)24/h3-12,14H,13H2,1-2H3,(H,20,22)/b12-5+. The minimum Gasteiger partial charge on any atom is -0.493 e. The molecule has 0 fully saturated rings. The van der Waals surface area contributed by atoms with Crippen LogP contribution >= 0.6 is 0 Å². The van der Waals surface area contributed by atoms with Crippen molar-refractivity contribution in [3.05, 3.63) is 70.3 Å². The fourth-order valence-electron chi connectivity index (χ4n) is 1.96. The number of benzene rings is 2. The van der Waals surface area contributed by atoms with Crippen LogP contribution < -0.4 is 10.1 Å². The molecule has 0 saturated heterocycles. The van der Waals surface area contributed by atoms with Crippen molar-refractivity contribution in [3.8, 4) is 5.75 Å². The van der Waals surface area contributed by atoms with Crippen molar-refractivity contribution in [2.24, 2.45) is 5.92 Å². The van der Waals surface area contributed by atoms with Crippen LogP contribution in [-0.2, 0) is 4.79 Å². The molecule has 25 heavy (non-hydrogen) atoms. The third-order valence-corrected chi connectivity index (χ3v) is 3.24. The molecule has 2 aromatic rings. The molecule has 2 aromatic carbocycles. The Morgan fingerprint density at radius 1 is 1.16 bits per heavy atom. The molecule has 0 saturated carbocycles. The summed E-state index contributed by atoms with van der Waals surface area (Å²) in [7, 11) is 0. The van der Waals surface area contributed by atoms with Crippen LogP contribution in [-0.4, -0.2) is 17.4 Å². The van der Waals surface area contributed by atoms with Gasteiger partial charge in [-0.15, -0.1) is 0 Å². The first-order valence-corrected chi connectivity index (χ1v) is 7.90. The van der Waals surface area contributed by atoms with Crippen LogP contribution in [0.1, 0.15) is 19.4 Å². The Labute approximate surface area is 146 Å². The number of nitrogens with one attached hydrogen (secondary N) is 1. The van der Waals surface area contributed by atoms with E-state index in [1.165, 1.54) is 18.2 Å². The van der Waals surface area contributed by atoms with Crippen molar-refractivity contribution in [2.75, 3.05) is 11.9 Å². The monoisotopic (exact) mass is 340 g/mol. The lowest BCUT2D eigenvalue weighted by Gasteiger charge is -2.09. The van der Waals surface area contributed by atoms with Gasteiger partial charge in [0.1, 0.15) is 5.75 Å². The normalized spacial score (nSPS) is 10.8. The summed E-state index contributed by atoms with van der Waals surface area (Å²) in [4.78, 5) is 22.1. The number of anilines is 1. The summed E-state index contributed by atoms with van der Waals surface area (Å²) in [6.45, 7) is 4.79. The van der Waals surface area contributed by atoms with Gasteiger partial charge in [-0.3, -0.25) is 14.9 Å². The van der Waals surface area contributed by atoms with E-state index in [2.05, 4.69) is 19.2 Å². The number of hydrogen-bond donors (Lipinski definition) is 1. The molecule has 0 aromatic heterocycles. The number of amides is 1. The van der Waals surface area contributed by atoms with E-state index >= 15 is 0 Å². The van der Waals surface area contributed by atoms with Gasteiger partial charge < -0.3 is 10.1 Å². The van der Waals surface area contributed by atoms with Crippen LogP contribution in [0, 0.1) is 16.0 Å². The van der Waals surface area contributed by atoms with Crippen molar-refractivity contribution in [1.82, 2.24) is 0 Å². The molecule has 0 aliphatic carbocycles. The number of nitro benzene ring substituents is 1. The molecule has 6 heteroatoms. The largest absolute Gasteiger partial charge is 0.493 e. The van der Waals surface area contributed by atoms with Crippen molar-refractivity contribution >= 4 is 23.4 Å². The van der Waals surface area contributed by atoms with E-state index in [4.69, 9.17) is 4.74 Å². The van der Waals surface area contributed by atoms with Crippen LogP contribution in [0.15, 0.2) is 54.6 Å². The molecule has 1 amide bonds. The lowest BCUT2D eigenvalue weighted by Crippen LogP contribution is -2.08. The summed E-state index contributed by atoms with van der Waals surface area (Å²) in [6.07, 6.45) is 2.98. The minimum absolute atomic E-state index is 0.0152. The quantitative estimate of drug-likeness (QED) is 0.463. The first-order valence-electron chi connectivity index (χ1n) is 7.90. The molecule has 0 heterocycles. The summed E-state index contributed by atoms with van der Waals surface area (Å²) < 4.78 is 5.58. The Morgan fingerprint density at radius 3 is 2.36 bits per heavy atom. The van der Waals surface area contributed by atoms with Gasteiger partial charge in [-0.1, -0.05) is 13.8 Å². The highest BCUT2D eigenvalue weighted by molar-refractivity contribution is 6.01. The first-order chi connectivity index (χ1) is 11.9. The van der Waals surface area contributed by atoms with E-state index in [-0.39, 0.29) is 11.6 Å². The van der Waals surface area contributed by atoms with Crippen LogP contribution in [0.25, 0.3) is 6.08 Å². The van der Waals surface area contributed by atoms with E-state index < -0.39 is 4.92 Å². The van der Waals surface area contributed by atoms with Gasteiger partial charge in [0.2, 0.25) is 5.91 Å². The third kappa shape index (κ3) is 6.10. The summed E-state index contributed by atoms with van der Waals surface area (Å²) in [5.74, 6) is 0.922. The second kappa shape index (κ2) is 8.63. The molecule has 6 nitrogen and oxygen atoms in total. The molecule has 2 rings (SSSR count). The SMILES string of the molecule is CC(C)COc1ccc(NC(=O)/C=C/c2ccc([N+](=O)[O-])cc2)cc1. The lowest BCUT2D eigenvalue weighted by atomic mass is 10.2. The predicted octanol–water partition coefficient (Wildman–Crippen LogP) is 4.28. The molecule has 0 atom stereocenters. The van der Waals surface area contributed by atoms with Gasteiger partial charge >= 0.3 is 0 Å². The minimum atomic E-state index is -0.464. The zero-order valence-electron chi connectivity index (χ0n) is 14.1. The fourth-order valence-corrected chi connectivity index (χ4v) is 1.96. The number of nitrogens with zero attached hydrogens (tertiary/aromatic N) is 1. The molecule has 0 radical (unpaired) electrons. The van der Waals surface area contributed by atoms with Crippen LogP contribution in [0.3, 0.4) is 0 Å². The van der Waals surface area contributed by atoms with E-state index in [9.17, 15) is 14.9 Å². The second-order valence-electron chi connectivity index (χ2n) is 5.90. The maximum absolute atomic E-state index is 11.9. The molecular weight excluding hydrogens is 320 g/mol. The number of ether oxygens (including phenoxy) is 1. The van der Waals surface area contributed by atoms with Gasteiger partial charge in [0.15, 0.2) is 0 Å². The van der Waals surface area contributed by atoms with Crippen molar-refractivity contribution in [2.45, 2.75) is 13.8 Å². The number of nitro groups is 1. The zero-order valence-corrected chi connectivity index (χ0v) is 14.1. The second-order valence-corrected chi connectivity index (χ2v) is 5.90. The zero-order chi connectivity index (χ0) is 18.2. The van der Waals surface area contributed by atoms with Gasteiger partial charge in [-0.25, -0.2) is 0 Å². The van der Waals surface area contributed by atoms with Gasteiger partial charge in [0.05, 0.1) is 11.5 Å².